The van der Waals surface area contributed by atoms with Crippen molar-refractivity contribution in [3.05, 3.63) is 99.5 Å². The van der Waals surface area contributed by atoms with Crippen LogP contribution in [0.3, 0.4) is 0 Å². The summed E-state index contributed by atoms with van der Waals surface area (Å²) in [5, 5.41) is 0. The third kappa shape index (κ3) is 5.52. The van der Waals surface area contributed by atoms with E-state index in [9.17, 15) is 9.59 Å². The van der Waals surface area contributed by atoms with E-state index >= 15 is 0 Å². The molecule has 190 valence electrons. The molecule has 5 rings (SSSR count). The number of benzene rings is 3. The average molecular weight is 511 g/mol. The number of carbonyl (C=O) groups is 2. The van der Waals surface area contributed by atoms with Gasteiger partial charge in [0, 0.05) is 23.5 Å². The molecule has 2 amide bonds. The Bertz CT molecular complexity index is 1350. The lowest BCUT2D eigenvalue weighted by Gasteiger charge is -2.35. The maximum absolute atomic E-state index is 13.7. The largest absolute Gasteiger partial charge is 0.338 e. The van der Waals surface area contributed by atoms with Crippen molar-refractivity contribution in [2.75, 3.05) is 18.0 Å². The number of fused-ring (bicyclic) bond motifs is 1. The molecule has 2 aliphatic heterocycles. The van der Waals surface area contributed by atoms with E-state index in [1.54, 1.807) is 0 Å². The lowest BCUT2D eigenvalue weighted by Crippen LogP contribution is -2.42. The van der Waals surface area contributed by atoms with Gasteiger partial charge < -0.3 is 9.80 Å². The molecule has 0 spiro atoms. The Morgan fingerprint density at radius 1 is 0.973 bits per heavy atom. The van der Waals surface area contributed by atoms with Crippen LogP contribution >= 0.6 is 11.8 Å². The van der Waals surface area contributed by atoms with E-state index in [-0.39, 0.29) is 11.8 Å². The van der Waals surface area contributed by atoms with Crippen molar-refractivity contribution in [1.29, 1.82) is 0 Å². The molecule has 2 aliphatic rings. The third-order valence-corrected chi connectivity index (χ3v) is 8.35. The molecule has 37 heavy (non-hydrogen) atoms. The van der Waals surface area contributed by atoms with E-state index in [0.29, 0.717) is 28.8 Å². The van der Waals surface area contributed by atoms with Crippen LogP contribution in [0.5, 0.6) is 0 Å². The van der Waals surface area contributed by atoms with Gasteiger partial charge in [-0.05, 0) is 79.1 Å². The van der Waals surface area contributed by atoms with E-state index in [2.05, 4.69) is 52.0 Å². The Balaban J connectivity index is 1.40. The summed E-state index contributed by atoms with van der Waals surface area (Å²) in [7, 11) is 0. The molecule has 1 fully saturated rings. The van der Waals surface area contributed by atoms with Gasteiger partial charge in [-0.2, -0.15) is 0 Å². The number of likely N-dealkylation sites (tertiary alicyclic amines) is 1. The van der Waals surface area contributed by atoms with Crippen LogP contribution in [0.1, 0.15) is 52.9 Å². The lowest BCUT2D eigenvalue weighted by molar-refractivity contribution is -0.114. The van der Waals surface area contributed by atoms with Crippen LogP contribution in [0.2, 0.25) is 0 Å². The predicted molar refractivity (Wildman–Crippen MR) is 153 cm³/mol. The zero-order chi connectivity index (χ0) is 26.1. The van der Waals surface area contributed by atoms with Crippen molar-refractivity contribution in [3.63, 3.8) is 0 Å². The number of thioether (sulfide) groups is 1. The predicted octanol–water partition coefficient (Wildman–Crippen LogP) is 7.10. The Hall–Kier alpha value is -3.31. The molecule has 2 heterocycles. The number of para-hydroxylation sites is 1. The number of hydrogen-bond donors (Lipinski definition) is 0. The molecule has 0 N–H and O–H groups in total. The van der Waals surface area contributed by atoms with Crippen LogP contribution in [0.25, 0.3) is 6.08 Å². The minimum Gasteiger partial charge on any atom is -0.338 e. The van der Waals surface area contributed by atoms with E-state index in [1.165, 1.54) is 29.3 Å². The van der Waals surface area contributed by atoms with Gasteiger partial charge in [0.05, 0.1) is 17.1 Å². The monoisotopic (exact) mass is 510 g/mol. The fraction of sp³-hybridized carbons (Fsp3) is 0.312. The first-order valence-corrected chi connectivity index (χ1v) is 13.9. The Kier molecular flexibility index (Phi) is 7.25. The fourth-order valence-electron chi connectivity index (χ4n) is 5.44. The fourth-order valence-corrected chi connectivity index (χ4v) is 6.50. The van der Waals surface area contributed by atoms with Crippen molar-refractivity contribution in [1.82, 2.24) is 4.90 Å². The summed E-state index contributed by atoms with van der Waals surface area (Å²) >= 11 is 1.51. The standard InChI is InChI=1S/C32H34N2O2S/c1-21-9-10-24(4)27(16-21)20-34-28-7-5-6-8-29(28)37-30(32(34)36)17-25-11-13-26(14-12-25)31(35)33-18-22(2)15-23(3)19-33/h5-14,16-17,22-23H,15,18-20H2,1-4H3/b30-17-/t22-,23-/m1/s1. The number of hydrogen-bond acceptors (Lipinski definition) is 3. The molecule has 0 aromatic heterocycles. The number of nitrogens with zero attached hydrogens (tertiary/aromatic N) is 2. The van der Waals surface area contributed by atoms with Gasteiger partial charge in [-0.25, -0.2) is 0 Å². The maximum atomic E-state index is 13.7. The summed E-state index contributed by atoms with van der Waals surface area (Å²) in [6.45, 7) is 10.8. The second-order valence-electron chi connectivity index (χ2n) is 10.7. The van der Waals surface area contributed by atoms with Crippen LogP contribution in [0.15, 0.2) is 76.5 Å². The van der Waals surface area contributed by atoms with Crippen LogP contribution in [0, 0.1) is 25.7 Å². The smallest absolute Gasteiger partial charge is 0.265 e. The number of anilines is 1. The molecular weight excluding hydrogens is 476 g/mol. The summed E-state index contributed by atoms with van der Waals surface area (Å²) in [5.41, 5.74) is 6.08. The molecule has 3 aromatic carbocycles. The Labute approximate surface area is 224 Å². The minimum atomic E-state index is 0.000973. The number of amides is 2. The van der Waals surface area contributed by atoms with Crippen LogP contribution in [-0.4, -0.2) is 29.8 Å². The summed E-state index contributed by atoms with van der Waals surface area (Å²) < 4.78 is 0. The van der Waals surface area contributed by atoms with Crippen LogP contribution < -0.4 is 4.90 Å². The first kappa shape index (κ1) is 25.3. The van der Waals surface area contributed by atoms with Crippen LogP contribution in [-0.2, 0) is 11.3 Å². The average Bonchev–Trinajstić information content (AvgIpc) is 2.88. The topological polar surface area (TPSA) is 40.6 Å². The van der Waals surface area contributed by atoms with Gasteiger partial charge >= 0.3 is 0 Å². The molecular formula is C32H34N2O2S. The summed E-state index contributed by atoms with van der Waals surface area (Å²) in [4.78, 5) is 32.4. The highest BCUT2D eigenvalue weighted by atomic mass is 32.2. The van der Waals surface area contributed by atoms with Gasteiger partial charge in [0.25, 0.3) is 11.8 Å². The first-order chi connectivity index (χ1) is 17.8. The zero-order valence-corrected chi connectivity index (χ0v) is 22.8. The molecule has 4 nitrogen and oxygen atoms in total. The van der Waals surface area contributed by atoms with Gasteiger partial charge in [0.1, 0.15) is 0 Å². The minimum absolute atomic E-state index is 0.000973. The van der Waals surface area contributed by atoms with E-state index in [0.717, 1.165) is 34.8 Å². The number of aryl methyl sites for hydroxylation is 2. The van der Waals surface area contributed by atoms with Crippen molar-refractivity contribution in [2.24, 2.45) is 11.8 Å². The Morgan fingerprint density at radius 3 is 2.41 bits per heavy atom. The summed E-state index contributed by atoms with van der Waals surface area (Å²) in [5.74, 6) is 1.15. The van der Waals surface area contributed by atoms with Gasteiger partial charge in [0.2, 0.25) is 0 Å². The highest BCUT2D eigenvalue weighted by Crippen LogP contribution is 2.42. The molecule has 2 atom stereocenters. The molecule has 5 heteroatoms. The molecule has 0 radical (unpaired) electrons. The van der Waals surface area contributed by atoms with Crippen molar-refractivity contribution >= 4 is 35.3 Å². The normalized spacial score (nSPS) is 20.8. The second-order valence-corrected chi connectivity index (χ2v) is 11.8. The van der Waals surface area contributed by atoms with Gasteiger partial charge in [0.15, 0.2) is 0 Å². The molecule has 3 aromatic rings. The number of piperidine rings is 1. The van der Waals surface area contributed by atoms with Gasteiger partial charge in [-0.15, -0.1) is 0 Å². The molecule has 0 unspecified atom stereocenters. The zero-order valence-electron chi connectivity index (χ0n) is 22.0. The SMILES string of the molecule is Cc1ccc(C)c(CN2C(=O)/C(=C/c3ccc(C(=O)N4C[C@H](C)C[C@@H](C)C4)cc3)Sc3ccccc32)c1. The molecule has 0 saturated carbocycles. The van der Waals surface area contributed by atoms with Crippen molar-refractivity contribution in [2.45, 2.75) is 45.6 Å². The maximum Gasteiger partial charge on any atom is 0.265 e. The molecule has 0 aliphatic carbocycles. The summed E-state index contributed by atoms with van der Waals surface area (Å²) in [6.07, 6.45) is 3.11. The van der Waals surface area contributed by atoms with Gasteiger partial charge in [-0.3, -0.25) is 9.59 Å². The Morgan fingerprint density at radius 2 is 1.68 bits per heavy atom. The molecule has 0 bridgehead atoms. The van der Waals surface area contributed by atoms with Crippen molar-refractivity contribution < 1.29 is 9.59 Å². The van der Waals surface area contributed by atoms with E-state index in [4.69, 9.17) is 0 Å². The number of rotatable bonds is 4. The van der Waals surface area contributed by atoms with Crippen LogP contribution in [0.4, 0.5) is 5.69 Å². The first-order valence-electron chi connectivity index (χ1n) is 13.0. The van der Waals surface area contributed by atoms with E-state index in [1.807, 2.05) is 58.3 Å². The van der Waals surface area contributed by atoms with Gasteiger partial charge in [-0.1, -0.05) is 73.6 Å². The number of carbonyl (C=O) groups excluding carboxylic acids is 2. The highest BCUT2D eigenvalue weighted by Gasteiger charge is 2.30. The summed E-state index contributed by atoms with van der Waals surface area (Å²) in [6, 6.07) is 22.1. The second kappa shape index (κ2) is 10.6. The lowest BCUT2D eigenvalue weighted by atomic mass is 9.91. The quantitative estimate of drug-likeness (QED) is 0.352. The van der Waals surface area contributed by atoms with Crippen molar-refractivity contribution in [3.8, 4) is 0 Å². The third-order valence-electron chi connectivity index (χ3n) is 7.28. The molecule has 1 saturated heterocycles. The highest BCUT2D eigenvalue weighted by molar-refractivity contribution is 8.04. The van der Waals surface area contributed by atoms with E-state index < -0.39 is 0 Å².